The van der Waals surface area contributed by atoms with Crippen molar-refractivity contribution >= 4 is 11.3 Å². The Balaban J connectivity index is 2.14. The van der Waals surface area contributed by atoms with Crippen LogP contribution >= 0.6 is 11.3 Å². The highest BCUT2D eigenvalue weighted by atomic mass is 32.1. The molecule has 0 atom stereocenters. The van der Waals surface area contributed by atoms with Gasteiger partial charge in [-0.15, -0.1) is 16.4 Å². The lowest BCUT2D eigenvalue weighted by atomic mass is 10.5. The van der Waals surface area contributed by atoms with Gasteiger partial charge in [-0.3, -0.25) is 0 Å². The number of aromatic nitrogens is 4. The van der Waals surface area contributed by atoms with Crippen molar-refractivity contribution in [1.82, 2.24) is 20.2 Å². The lowest BCUT2D eigenvalue weighted by Crippen LogP contribution is -1.97. The van der Waals surface area contributed by atoms with Gasteiger partial charge in [-0.05, 0) is 21.9 Å². The maximum Gasteiger partial charge on any atom is 0.138 e. The molecule has 5 heteroatoms. The molecule has 0 saturated carbocycles. The van der Waals surface area contributed by atoms with Crippen molar-refractivity contribution in [2.24, 2.45) is 0 Å². The summed E-state index contributed by atoms with van der Waals surface area (Å²) in [4.78, 5) is 1.26. The van der Waals surface area contributed by atoms with Gasteiger partial charge >= 0.3 is 0 Å². The zero-order valence-electron chi connectivity index (χ0n) is 5.71. The van der Waals surface area contributed by atoms with Crippen LogP contribution in [0, 0.1) is 0 Å². The van der Waals surface area contributed by atoms with Crippen LogP contribution in [-0.2, 0) is 6.54 Å². The maximum atomic E-state index is 3.75. The SMILES string of the molecule is c1csc(Cn2cnnn2)c1. The molecule has 2 rings (SSSR count). The zero-order valence-corrected chi connectivity index (χ0v) is 6.53. The lowest BCUT2D eigenvalue weighted by molar-refractivity contribution is 0.654. The van der Waals surface area contributed by atoms with E-state index in [1.165, 1.54) is 4.88 Å². The van der Waals surface area contributed by atoms with Crippen LogP contribution in [0.4, 0.5) is 0 Å². The van der Waals surface area contributed by atoms with Crippen molar-refractivity contribution in [3.63, 3.8) is 0 Å². The molecule has 0 spiro atoms. The van der Waals surface area contributed by atoms with E-state index >= 15 is 0 Å². The van der Waals surface area contributed by atoms with E-state index in [0.717, 1.165) is 6.54 Å². The minimum Gasteiger partial charge on any atom is -0.227 e. The van der Waals surface area contributed by atoms with E-state index in [9.17, 15) is 0 Å². The second kappa shape index (κ2) is 2.79. The highest BCUT2D eigenvalue weighted by molar-refractivity contribution is 7.09. The monoisotopic (exact) mass is 166 g/mol. The predicted molar refractivity (Wildman–Crippen MR) is 41.2 cm³/mol. The summed E-state index contributed by atoms with van der Waals surface area (Å²) in [6.07, 6.45) is 1.61. The normalized spacial score (nSPS) is 10.2. The Morgan fingerprint density at radius 2 is 2.55 bits per heavy atom. The summed E-state index contributed by atoms with van der Waals surface area (Å²) < 4.78 is 1.70. The van der Waals surface area contributed by atoms with Gasteiger partial charge in [0.25, 0.3) is 0 Å². The molecule has 11 heavy (non-hydrogen) atoms. The zero-order chi connectivity index (χ0) is 7.52. The summed E-state index contributed by atoms with van der Waals surface area (Å²) >= 11 is 1.70. The Morgan fingerprint density at radius 1 is 1.55 bits per heavy atom. The highest BCUT2D eigenvalue weighted by Gasteiger charge is 1.95. The van der Waals surface area contributed by atoms with E-state index < -0.39 is 0 Å². The summed E-state index contributed by atoms with van der Waals surface area (Å²) in [5.74, 6) is 0. The number of hydrogen-bond acceptors (Lipinski definition) is 4. The fourth-order valence-corrected chi connectivity index (χ4v) is 1.51. The standard InChI is InChI=1S/C6H6N4S/c1-2-6(11-3-1)4-10-5-7-8-9-10/h1-3,5H,4H2. The molecule has 0 bridgehead atoms. The first-order valence-corrected chi connectivity index (χ1v) is 4.06. The molecule has 0 saturated heterocycles. The first-order valence-electron chi connectivity index (χ1n) is 3.18. The number of rotatable bonds is 2. The van der Waals surface area contributed by atoms with Gasteiger partial charge in [-0.25, -0.2) is 4.68 Å². The Morgan fingerprint density at radius 3 is 3.18 bits per heavy atom. The molecule has 2 heterocycles. The highest BCUT2D eigenvalue weighted by Crippen LogP contribution is 2.08. The van der Waals surface area contributed by atoms with Crippen LogP contribution in [0.2, 0.25) is 0 Å². The third-order valence-corrected chi connectivity index (χ3v) is 2.15. The van der Waals surface area contributed by atoms with Gasteiger partial charge in [0.2, 0.25) is 0 Å². The van der Waals surface area contributed by atoms with Gasteiger partial charge in [0, 0.05) is 4.88 Å². The molecule has 0 radical (unpaired) electrons. The fourth-order valence-electron chi connectivity index (χ4n) is 0.815. The van der Waals surface area contributed by atoms with E-state index in [1.54, 1.807) is 22.3 Å². The fraction of sp³-hybridized carbons (Fsp3) is 0.167. The molecule has 0 aromatic carbocycles. The van der Waals surface area contributed by atoms with Crippen molar-refractivity contribution in [1.29, 1.82) is 0 Å². The van der Waals surface area contributed by atoms with Crippen LogP contribution in [0.15, 0.2) is 23.8 Å². The van der Waals surface area contributed by atoms with Gasteiger partial charge in [0.1, 0.15) is 6.33 Å². The van der Waals surface area contributed by atoms with Crippen molar-refractivity contribution in [3.8, 4) is 0 Å². The van der Waals surface area contributed by atoms with Crippen LogP contribution in [0.1, 0.15) is 4.88 Å². The van der Waals surface area contributed by atoms with Crippen molar-refractivity contribution < 1.29 is 0 Å². The first-order chi connectivity index (χ1) is 5.45. The average Bonchev–Trinajstić information content (AvgIpc) is 2.60. The summed E-state index contributed by atoms with van der Waals surface area (Å²) in [6, 6.07) is 4.08. The predicted octanol–water partition coefficient (Wildman–Crippen LogP) is 0.783. The van der Waals surface area contributed by atoms with E-state index in [1.807, 2.05) is 11.4 Å². The van der Waals surface area contributed by atoms with E-state index in [4.69, 9.17) is 0 Å². The molecule has 0 amide bonds. The van der Waals surface area contributed by atoms with Crippen LogP contribution in [0.5, 0.6) is 0 Å². The van der Waals surface area contributed by atoms with Crippen LogP contribution in [-0.4, -0.2) is 20.2 Å². The third-order valence-electron chi connectivity index (χ3n) is 1.29. The summed E-state index contributed by atoms with van der Waals surface area (Å²) in [5, 5.41) is 12.9. The van der Waals surface area contributed by atoms with Gasteiger partial charge in [0.15, 0.2) is 0 Å². The van der Waals surface area contributed by atoms with Crippen molar-refractivity contribution in [2.45, 2.75) is 6.54 Å². The number of hydrogen-bond donors (Lipinski definition) is 0. The molecule has 0 aliphatic carbocycles. The van der Waals surface area contributed by atoms with E-state index in [0.29, 0.717) is 0 Å². The summed E-state index contributed by atoms with van der Waals surface area (Å²) in [5.41, 5.74) is 0. The third kappa shape index (κ3) is 1.43. The molecule has 56 valence electrons. The Hall–Kier alpha value is -1.23. The second-order valence-electron chi connectivity index (χ2n) is 2.09. The number of nitrogens with zero attached hydrogens (tertiary/aromatic N) is 4. The molecular weight excluding hydrogens is 160 g/mol. The van der Waals surface area contributed by atoms with Gasteiger partial charge in [-0.2, -0.15) is 0 Å². The van der Waals surface area contributed by atoms with Crippen LogP contribution < -0.4 is 0 Å². The van der Waals surface area contributed by atoms with Crippen LogP contribution in [0.3, 0.4) is 0 Å². The average molecular weight is 166 g/mol. The summed E-state index contributed by atoms with van der Waals surface area (Å²) in [7, 11) is 0. The van der Waals surface area contributed by atoms with Gasteiger partial charge < -0.3 is 0 Å². The smallest absolute Gasteiger partial charge is 0.138 e. The molecule has 0 fully saturated rings. The molecular formula is C6H6N4S. The molecule has 0 aliphatic rings. The minimum atomic E-state index is 0.769. The largest absolute Gasteiger partial charge is 0.227 e. The van der Waals surface area contributed by atoms with Crippen molar-refractivity contribution in [2.75, 3.05) is 0 Å². The Kier molecular flexibility index (Phi) is 1.64. The Labute approximate surface area is 67.5 Å². The maximum absolute atomic E-state index is 3.75. The number of tetrazole rings is 1. The Bertz CT molecular complexity index is 267. The van der Waals surface area contributed by atoms with Crippen LogP contribution in [0.25, 0.3) is 0 Å². The molecule has 2 aromatic heterocycles. The quantitative estimate of drug-likeness (QED) is 0.662. The first kappa shape index (κ1) is 6.48. The summed E-state index contributed by atoms with van der Waals surface area (Å²) in [6.45, 7) is 0.769. The molecule has 4 nitrogen and oxygen atoms in total. The molecule has 0 unspecified atom stereocenters. The molecule has 0 N–H and O–H groups in total. The van der Waals surface area contributed by atoms with Gasteiger partial charge in [-0.1, -0.05) is 6.07 Å². The molecule has 2 aromatic rings. The lowest BCUT2D eigenvalue weighted by Gasteiger charge is -1.92. The van der Waals surface area contributed by atoms with E-state index in [2.05, 4.69) is 21.6 Å². The topological polar surface area (TPSA) is 43.6 Å². The van der Waals surface area contributed by atoms with Crippen molar-refractivity contribution in [3.05, 3.63) is 28.7 Å². The minimum absolute atomic E-state index is 0.769. The van der Waals surface area contributed by atoms with E-state index in [-0.39, 0.29) is 0 Å². The second-order valence-corrected chi connectivity index (χ2v) is 3.12. The number of thiophene rings is 1. The van der Waals surface area contributed by atoms with Gasteiger partial charge in [0.05, 0.1) is 6.54 Å². The molecule has 0 aliphatic heterocycles.